The van der Waals surface area contributed by atoms with Crippen LogP contribution in [0.2, 0.25) is 5.02 Å². The molecule has 3 rings (SSSR count). The predicted molar refractivity (Wildman–Crippen MR) is 86.6 cm³/mol. The molecule has 116 valence electrons. The summed E-state index contributed by atoms with van der Waals surface area (Å²) < 4.78 is 5.47. The lowest BCUT2D eigenvalue weighted by Crippen LogP contribution is -2.36. The fourth-order valence-corrected chi connectivity index (χ4v) is 4.29. The molecule has 1 aromatic rings. The molecule has 0 amide bonds. The maximum absolute atomic E-state index is 5.96. The van der Waals surface area contributed by atoms with Gasteiger partial charge in [-0.05, 0) is 37.7 Å². The summed E-state index contributed by atoms with van der Waals surface area (Å²) in [5.74, 6) is 0.669. The van der Waals surface area contributed by atoms with Crippen LogP contribution in [-0.2, 0) is 11.3 Å². The Balaban J connectivity index is 1.65. The van der Waals surface area contributed by atoms with Crippen LogP contribution >= 0.6 is 11.6 Å². The maximum atomic E-state index is 5.96. The van der Waals surface area contributed by atoms with Gasteiger partial charge in [-0.3, -0.25) is 4.90 Å². The standard InChI is InChI=1S/C17H25ClN2O/c1-19-10-15(11-21-2)17(12-19)7-8-20(13-17)9-14-3-5-16(18)6-4-14/h3-6,15H,7-13H2,1-2H3/t15-,17+/m0/s1. The van der Waals surface area contributed by atoms with Crippen molar-refractivity contribution in [3.8, 4) is 0 Å². The molecule has 0 aromatic heterocycles. The van der Waals surface area contributed by atoms with Crippen LogP contribution in [0, 0.1) is 11.3 Å². The summed E-state index contributed by atoms with van der Waals surface area (Å²) in [7, 11) is 4.06. The molecule has 0 saturated carbocycles. The van der Waals surface area contributed by atoms with Crippen molar-refractivity contribution in [2.45, 2.75) is 13.0 Å². The number of rotatable bonds is 4. The van der Waals surface area contributed by atoms with Crippen LogP contribution in [0.3, 0.4) is 0 Å². The summed E-state index contributed by atoms with van der Waals surface area (Å²) in [5, 5.41) is 0.814. The topological polar surface area (TPSA) is 15.7 Å². The molecule has 21 heavy (non-hydrogen) atoms. The largest absolute Gasteiger partial charge is 0.384 e. The molecule has 2 aliphatic heterocycles. The second-order valence-corrected chi connectivity index (χ2v) is 7.23. The average molecular weight is 309 g/mol. The zero-order chi connectivity index (χ0) is 14.9. The molecule has 1 spiro atoms. The van der Waals surface area contributed by atoms with Gasteiger partial charge >= 0.3 is 0 Å². The Morgan fingerprint density at radius 3 is 2.76 bits per heavy atom. The molecule has 2 atom stereocenters. The summed E-state index contributed by atoms with van der Waals surface area (Å²) in [6.45, 7) is 6.67. The molecule has 2 fully saturated rings. The first-order valence-corrected chi connectivity index (χ1v) is 8.13. The summed E-state index contributed by atoms with van der Waals surface area (Å²) in [6.07, 6.45) is 1.29. The molecule has 3 nitrogen and oxygen atoms in total. The van der Waals surface area contributed by atoms with E-state index in [2.05, 4.69) is 29.0 Å². The fraction of sp³-hybridized carbons (Fsp3) is 0.647. The molecule has 0 N–H and O–H groups in total. The van der Waals surface area contributed by atoms with Gasteiger partial charge in [0.2, 0.25) is 0 Å². The van der Waals surface area contributed by atoms with Gasteiger partial charge in [0.1, 0.15) is 0 Å². The first kappa shape index (κ1) is 15.3. The van der Waals surface area contributed by atoms with Gasteiger partial charge in [-0.15, -0.1) is 0 Å². The minimum Gasteiger partial charge on any atom is -0.384 e. The van der Waals surface area contributed by atoms with E-state index in [4.69, 9.17) is 16.3 Å². The van der Waals surface area contributed by atoms with Gasteiger partial charge in [0.25, 0.3) is 0 Å². The van der Waals surface area contributed by atoms with Crippen LogP contribution in [0.1, 0.15) is 12.0 Å². The predicted octanol–water partition coefficient (Wildman–Crippen LogP) is 2.74. The Kier molecular flexibility index (Phi) is 4.55. The Hall–Kier alpha value is -0.610. The van der Waals surface area contributed by atoms with Crippen LogP contribution in [0.25, 0.3) is 0 Å². The van der Waals surface area contributed by atoms with Crippen molar-refractivity contribution in [2.75, 3.05) is 46.9 Å². The van der Waals surface area contributed by atoms with Crippen LogP contribution in [-0.4, -0.2) is 56.7 Å². The van der Waals surface area contributed by atoms with Gasteiger partial charge in [0.05, 0.1) is 6.61 Å². The van der Waals surface area contributed by atoms with Crippen LogP contribution in [0.15, 0.2) is 24.3 Å². The molecule has 2 saturated heterocycles. The molecular weight excluding hydrogens is 284 g/mol. The lowest BCUT2D eigenvalue weighted by atomic mass is 9.78. The van der Waals surface area contributed by atoms with E-state index in [1.807, 2.05) is 19.2 Å². The number of nitrogens with zero attached hydrogens (tertiary/aromatic N) is 2. The molecule has 4 heteroatoms. The van der Waals surface area contributed by atoms with Gasteiger partial charge in [-0.2, -0.15) is 0 Å². The molecular formula is C17H25ClN2O. The van der Waals surface area contributed by atoms with Crippen molar-refractivity contribution < 1.29 is 4.74 Å². The molecule has 0 radical (unpaired) electrons. The number of likely N-dealkylation sites (tertiary alicyclic amines) is 2. The average Bonchev–Trinajstić information content (AvgIpc) is 2.98. The molecule has 0 aliphatic carbocycles. The number of benzene rings is 1. The van der Waals surface area contributed by atoms with E-state index < -0.39 is 0 Å². The highest BCUT2D eigenvalue weighted by molar-refractivity contribution is 6.30. The number of hydrogen-bond donors (Lipinski definition) is 0. The van der Waals surface area contributed by atoms with Gasteiger partial charge in [0.15, 0.2) is 0 Å². The third kappa shape index (κ3) is 3.26. The summed E-state index contributed by atoms with van der Waals surface area (Å²) >= 11 is 5.96. The fourth-order valence-electron chi connectivity index (χ4n) is 4.16. The molecule has 0 bridgehead atoms. The summed E-state index contributed by atoms with van der Waals surface area (Å²) in [4.78, 5) is 5.06. The monoisotopic (exact) mass is 308 g/mol. The lowest BCUT2D eigenvalue weighted by molar-refractivity contribution is 0.0959. The Morgan fingerprint density at radius 2 is 2.05 bits per heavy atom. The molecule has 1 aromatic carbocycles. The zero-order valence-electron chi connectivity index (χ0n) is 13.0. The molecule has 0 unspecified atom stereocenters. The van der Waals surface area contributed by atoms with Gasteiger partial charge in [-0.25, -0.2) is 0 Å². The minimum atomic E-state index is 0.428. The van der Waals surface area contributed by atoms with Crippen LogP contribution in [0.5, 0.6) is 0 Å². The van der Waals surface area contributed by atoms with Crippen molar-refractivity contribution in [1.82, 2.24) is 9.80 Å². The quantitative estimate of drug-likeness (QED) is 0.850. The van der Waals surface area contributed by atoms with Crippen LogP contribution in [0.4, 0.5) is 0 Å². The first-order chi connectivity index (χ1) is 10.1. The second-order valence-electron chi connectivity index (χ2n) is 6.80. The van der Waals surface area contributed by atoms with Gasteiger partial charge in [-0.1, -0.05) is 23.7 Å². The number of halogens is 1. The van der Waals surface area contributed by atoms with Crippen molar-refractivity contribution in [3.05, 3.63) is 34.9 Å². The highest BCUT2D eigenvalue weighted by atomic mass is 35.5. The SMILES string of the molecule is COC[C@@H]1CN(C)C[C@@]12CCN(Cc1ccc(Cl)cc1)C2. The van der Waals surface area contributed by atoms with Gasteiger partial charge < -0.3 is 9.64 Å². The van der Waals surface area contributed by atoms with E-state index in [9.17, 15) is 0 Å². The number of ether oxygens (including phenoxy) is 1. The first-order valence-electron chi connectivity index (χ1n) is 7.76. The highest BCUT2D eigenvalue weighted by Gasteiger charge is 2.49. The van der Waals surface area contributed by atoms with Crippen molar-refractivity contribution in [1.29, 1.82) is 0 Å². The van der Waals surface area contributed by atoms with Gasteiger partial charge in [0, 0.05) is 49.6 Å². The maximum Gasteiger partial charge on any atom is 0.0509 e. The zero-order valence-corrected chi connectivity index (χ0v) is 13.8. The summed E-state index contributed by atoms with van der Waals surface area (Å²) in [5.41, 5.74) is 1.78. The smallest absolute Gasteiger partial charge is 0.0509 e. The summed E-state index contributed by atoms with van der Waals surface area (Å²) in [6, 6.07) is 8.25. The second kappa shape index (κ2) is 6.25. The third-order valence-electron chi connectivity index (χ3n) is 5.13. The molecule has 2 aliphatic rings. The lowest BCUT2D eigenvalue weighted by Gasteiger charge is -2.30. The van der Waals surface area contributed by atoms with E-state index in [1.54, 1.807) is 0 Å². The van der Waals surface area contributed by atoms with E-state index in [-0.39, 0.29) is 0 Å². The van der Waals surface area contributed by atoms with E-state index >= 15 is 0 Å². The number of methoxy groups -OCH3 is 1. The minimum absolute atomic E-state index is 0.428. The normalized spacial score (nSPS) is 30.5. The highest BCUT2D eigenvalue weighted by Crippen LogP contribution is 2.43. The Labute approximate surface area is 132 Å². The van der Waals surface area contributed by atoms with Crippen molar-refractivity contribution >= 4 is 11.6 Å². The van der Waals surface area contributed by atoms with E-state index in [0.29, 0.717) is 11.3 Å². The Morgan fingerprint density at radius 1 is 1.29 bits per heavy atom. The van der Waals surface area contributed by atoms with Crippen molar-refractivity contribution in [2.24, 2.45) is 11.3 Å². The van der Waals surface area contributed by atoms with Crippen molar-refractivity contribution in [3.63, 3.8) is 0 Å². The molecule has 2 heterocycles. The third-order valence-corrected chi connectivity index (χ3v) is 5.39. The van der Waals surface area contributed by atoms with E-state index in [0.717, 1.165) is 18.2 Å². The number of hydrogen-bond acceptors (Lipinski definition) is 3. The van der Waals surface area contributed by atoms with Crippen LogP contribution < -0.4 is 0 Å². The Bertz CT molecular complexity index is 478. The van der Waals surface area contributed by atoms with E-state index in [1.165, 1.54) is 38.2 Å².